The first kappa shape index (κ1) is 35.1. The molecule has 6 rings (SSSR count). The summed E-state index contributed by atoms with van der Waals surface area (Å²) in [5.74, 6) is 0.845. The standard InChI is InChI=1S/C35H45ClF3N7O3/c1-40-31-26(35(37,38)39)19-22(20-27(31)36)21-29(32(47)44-15-9-24(10-16-44)23-7-13-43(2)14-8-23)42-33(48)45-17-11-25(12-18-45)46-30-6-4-3-5-28(30)41-34(46)49/h3-6,19-20,23-25,29,40H,7-18,21H2,1-2H3,(H,41,49)(H,42,48)/t29-/m1/s1. The Morgan fingerprint density at radius 2 is 1.55 bits per heavy atom. The number of aromatic amines is 1. The van der Waals surface area contributed by atoms with Crippen LogP contribution in [0.4, 0.5) is 23.7 Å². The maximum absolute atomic E-state index is 14.1. The summed E-state index contributed by atoms with van der Waals surface area (Å²) in [6.45, 7) is 3.93. The third kappa shape index (κ3) is 7.72. The van der Waals surface area contributed by atoms with E-state index >= 15 is 0 Å². The summed E-state index contributed by atoms with van der Waals surface area (Å²) in [6, 6.07) is 8.24. The van der Waals surface area contributed by atoms with E-state index in [1.807, 2.05) is 24.3 Å². The fraction of sp³-hybridized carbons (Fsp3) is 0.571. The number of rotatable bonds is 7. The molecule has 1 aromatic heterocycles. The van der Waals surface area contributed by atoms with E-state index in [1.54, 1.807) is 14.4 Å². The van der Waals surface area contributed by atoms with Gasteiger partial charge in [-0.05, 0) is 100 Å². The Labute approximate surface area is 288 Å². The number of hydrogen-bond acceptors (Lipinski definition) is 5. The lowest BCUT2D eigenvalue weighted by Gasteiger charge is -2.40. The number of likely N-dealkylation sites (tertiary alicyclic amines) is 3. The Bertz CT molecular complexity index is 1700. The second kappa shape index (κ2) is 14.6. The minimum Gasteiger partial charge on any atom is -0.386 e. The van der Waals surface area contributed by atoms with Crippen LogP contribution in [0.25, 0.3) is 11.0 Å². The predicted octanol–water partition coefficient (Wildman–Crippen LogP) is 5.58. The van der Waals surface area contributed by atoms with Crippen LogP contribution < -0.4 is 16.3 Å². The number of carbonyl (C=O) groups excluding carboxylic acids is 2. The van der Waals surface area contributed by atoms with Gasteiger partial charge in [-0.2, -0.15) is 13.2 Å². The van der Waals surface area contributed by atoms with Gasteiger partial charge in [-0.15, -0.1) is 0 Å². The van der Waals surface area contributed by atoms with Gasteiger partial charge in [-0.25, -0.2) is 9.59 Å². The van der Waals surface area contributed by atoms with Crippen molar-refractivity contribution in [2.45, 2.75) is 63.2 Å². The maximum atomic E-state index is 14.1. The first-order valence-corrected chi connectivity index (χ1v) is 17.6. The summed E-state index contributed by atoms with van der Waals surface area (Å²) in [6.07, 6.45) is 0.267. The van der Waals surface area contributed by atoms with Crippen LogP contribution in [-0.2, 0) is 17.4 Å². The number of imidazole rings is 1. The van der Waals surface area contributed by atoms with Gasteiger partial charge in [0.15, 0.2) is 0 Å². The number of fused-ring (bicyclic) bond motifs is 1. The molecule has 3 aliphatic heterocycles. The lowest BCUT2D eigenvalue weighted by Crippen LogP contribution is -2.55. The van der Waals surface area contributed by atoms with Gasteiger partial charge in [0.05, 0.1) is 27.3 Å². The number of benzene rings is 2. The Morgan fingerprint density at radius 1 is 0.939 bits per heavy atom. The van der Waals surface area contributed by atoms with Gasteiger partial charge in [0.2, 0.25) is 5.91 Å². The zero-order chi connectivity index (χ0) is 34.9. The minimum absolute atomic E-state index is 0.107. The van der Waals surface area contributed by atoms with Gasteiger partial charge in [0, 0.05) is 45.7 Å². The van der Waals surface area contributed by atoms with Crippen LogP contribution in [0.3, 0.4) is 0 Å². The number of alkyl halides is 3. The minimum atomic E-state index is -4.67. The number of nitrogens with zero attached hydrogens (tertiary/aromatic N) is 4. The molecule has 3 fully saturated rings. The topological polar surface area (TPSA) is 106 Å². The number of hydrogen-bond donors (Lipinski definition) is 3. The van der Waals surface area contributed by atoms with E-state index < -0.39 is 23.8 Å². The number of halogens is 4. The molecule has 14 heteroatoms. The zero-order valence-corrected chi connectivity index (χ0v) is 28.7. The second-order valence-corrected chi connectivity index (χ2v) is 14.2. The largest absolute Gasteiger partial charge is 0.418 e. The molecule has 0 aliphatic carbocycles. The highest BCUT2D eigenvalue weighted by Crippen LogP contribution is 2.40. The average molecular weight is 704 g/mol. The monoisotopic (exact) mass is 703 g/mol. The first-order chi connectivity index (χ1) is 23.4. The molecule has 49 heavy (non-hydrogen) atoms. The lowest BCUT2D eigenvalue weighted by atomic mass is 9.79. The van der Waals surface area contributed by atoms with Crippen molar-refractivity contribution < 1.29 is 22.8 Å². The Kier molecular flexibility index (Phi) is 10.5. The fourth-order valence-corrected chi connectivity index (χ4v) is 8.35. The quantitative estimate of drug-likeness (QED) is 0.298. The normalized spacial score (nSPS) is 19.7. The van der Waals surface area contributed by atoms with Gasteiger partial charge in [0.25, 0.3) is 0 Å². The van der Waals surface area contributed by atoms with Gasteiger partial charge in [-0.3, -0.25) is 9.36 Å². The molecule has 3 amide bonds. The van der Waals surface area contributed by atoms with Crippen LogP contribution in [-0.4, -0.2) is 95.6 Å². The second-order valence-electron chi connectivity index (χ2n) is 13.8. The van der Waals surface area contributed by atoms with E-state index in [0.29, 0.717) is 50.9 Å². The van der Waals surface area contributed by atoms with E-state index in [-0.39, 0.29) is 40.3 Å². The number of amides is 3. The van der Waals surface area contributed by atoms with Crippen LogP contribution in [0, 0.1) is 11.8 Å². The molecule has 0 saturated carbocycles. The number of aromatic nitrogens is 2. The number of H-pyrrole nitrogens is 1. The van der Waals surface area contributed by atoms with Crippen LogP contribution >= 0.6 is 11.6 Å². The molecule has 3 N–H and O–H groups in total. The zero-order valence-electron chi connectivity index (χ0n) is 28.0. The number of carbonyl (C=O) groups is 2. The van der Waals surface area contributed by atoms with Crippen molar-refractivity contribution in [2.75, 3.05) is 58.7 Å². The summed E-state index contributed by atoms with van der Waals surface area (Å²) >= 11 is 6.30. The predicted molar refractivity (Wildman–Crippen MR) is 184 cm³/mol. The van der Waals surface area contributed by atoms with Gasteiger partial charge < -0.3 is 30.3 Å². The Hall–Kier alpha value is -3.71. The van der Waals surface area contributed by atoms with Crippen LogP contribution in [0.15, 0.2) is 41.2 Å². The Balaban J connectivity index is 1.17. The van der Waals surface area contributed by atoms with E-state index in [4.69, 9.17) is 11.6 Å². The van der Waals surface area contributed by atoms with Crippen molar-refractivity contribution in [3.8, 4) is 0 Å². The van der Waals surface area contributed by atoms with Gasteiger partial charge >= 0.3 is 17.9 Å². The number of anilines is 1. The highest BCUT2D eigenvalue weighted by atomic mass is 35.5. The lowest BCUT2D eigenvalue weighted by molar-refractivity contribution is -0.137. The van der Waals surface area contributed by atoms with Crippen molar-refractivity contribution in [1.29, 1.82) is 0 Å². The van der Waals surface area contributed by atoms with Crippen molar-refractivity contribution in [1.82, 2.24) is 29.6 Å². The first-order valence-electron chi connectivity index (χ1n) is 17.2. The van der Waals surface area contributed by atoms with Gasteiger partial charge in [0.1, 0.15) is 6.04 Å². The van der Waals surface area contributed by atoms with E-state index in [1.165, 1.54) is 13.1 Å². The van der Waals surface area contributed by atoms with Crippen molar-refractivity contribution in [3.63, 3.8) is 0 Å². The van der Waals surface area contributed by atoms with Crippen molar-refractivity contribution in [3.05, 3.63) is 63.0 Å². The summed E-state index contributed by atoms with van der Waals surface area (Å²) in [4.78, 5) is 49.1. The summed E-state index contributed by atoms with van der Waals surface area (Å²) in [5, 5.41) is 5.30. The molecule has 4 heterocycles. The molecule has 3 saturated heterocycles. The van der Waals surface area contributed by atoms with Gasteiger partial charge in [-0.1, -0.05) is 23.7 Å². The third-order valence-corrected chi connectivity index (χ3v) is 11.1. The molecular formula is C35H45ClF3N7O3. The fourth-order valence-electron chi connectivity index (χ4n) is 8.01. The average Bonchev–Trinajstić information content (AvgIpc) is 3.43. The molecule has 3 aromatic rings. The third-order valence-electron chi connectivity index (χ3n) is 10.8. The molecule has 2 aromatic carbocycles. The smallest absolute Gasteiger partial charge is 0.386 e. The SMILES string of the molecule is CNc1c(Cl)cc(C[C@@H](NC(=O)N2CCC(n3c(=O)[nH]c4ccccc43)CC2)C(=O)N2CCC(C3CCN(C)CC3)CC2)cc1C(F)(F)F. The Morgan fingerprint density at radius 3 is 2.18 bits per heavy atom. The highest BCUT2D eigenvalue weighted by molar-refractivity contribution is 6.33. The highest BCUT2D eigenvalue weighted by Gasteiger charge is 2.37. The van der Waals surface area contributed by atoms with Crippen LogP contribution in [0.1, 0.15) is 55.7 Å². The molecule has 266 valence electrons. The maximum Gasteiger partial charge on any atom is 0.418 e. The number of urea groups is 1. The van der Waals surface area contributed by atoms with Crippen LogP contribution in [0.5, 0.6) is 0 Å². The summed E-state index contributed by atoms with van der Waals surface area (Å²) in [7, 11) is 3.51. The van der Waals surface area contributed by atoms with Crippen molar-refractivity contribution >= 4 is 40.3 Å². The van der Waals surface area contributed by atoms with E-state index in [9.17, 15) is 27.6 Å². The molecule has 0 spiro atoms. The van der Waals surface area contributed by atoms with E-state index in [2.05, 4.69) is 27.6 Å². The molecule has 0 radical (unpaired) electrons. The molecule has 0 bridgehead atoms. The molecule has 0 unspecified atom stereocenters. The molecule has 10 nitrogen and oxygen atoms in total. The summed E-state index contributed by atoms with van der Waals surface area (Å²) < 4.78 is 43.8. The summed E-state index contributed by atoms with van der Waals surface area (Å²) in [5.41, 5.74) is 0.397. The van der Waals surface area contributed by atoms with Crippen LogP contribution in [0.2, 0.25) is 5.02 Å². The van der Waals surface area contributed by atoms with Crippen molar-refractivity contribution in [2.24, 2.45) is 11.8 Å². The number of para-hydroxylation sites is 2. The molecule has 3 aliphatic rings. The number of nitrogens with one attached hydrogen (secondary N) is 3. The molecular weight excluding hydrogens is 659 g/mol. The molecule has 1 atom stereocenters. The number of piperidine rings is 3. The van der Waals surface area contributed by atoms with E-state index in [0.717, 1.165) is 55.9 Å².